The molecule has 0 saturated carbocycles. The van der Waals surface area contributed by atoms with Crippen LogP contribution in [0.5, 0.6) is 0 Å². The summed E-state index contributed by atoms with van der Waals surface area (Å²) in [6.07, 6.45) is 3.98. The summed E-state index contributed by atoms with van der Waals surface area (Å²) in [7, 11) is 0. The molecule has 1 aromatic carbocycles. The third kappa shape index (κ3) is 3.62. The lowest BCUT2D eigenvalue weighted by molar-refractivity contribution is 0.273. The Kier molecular flexibility index (Phi) is 4.30. The van der Waals surface area contributed by atoms with Gasteiger partial charge in [0.25, 0.3) is 0 Å². The van der Waals surface area contributed by atoms with E-state index in [1.807, 2.05) is 12.1 Å². The van der Waals surface area contributed by atoms with Crippen LogP contribution in [0.1, 0.15) is 31.7 Å². The fourth-order valence-corrected chi connectivity index (χ4v) is 2.61. The van der Waals surface area contributed by atoms with E-state index in [4.69, 9.17) is 17.3 Å². The molecule has 17 heavy (non-hydrogen) atoms. The maximum absolute atomic E-state index is 6.04. The van der Waals surface area contributed by atoms with Gasteiger partial charge in [-0.1, -0.05) is 24.6 Å². The Balaban J connectivity index is 1.97. The Morgan fingerprint density at radius 3 is 2.94 bits per heavy atom. The van der Waals surface area contributed by atoms with E-state index in [1.54, 1.807) is 0 Å². The molecule has 1 atom stereocenters. The van der Waals surface area contributed by atoms with Crippen LogP contribution >= 0.6 is 11.6 Å². The number of likely N-dealkylation sites (tertiary alicyclic amines) is 1. The van der Waals surface area contributed by atoms with Crippen LogP contribution in [-0.2, 0) is 6.54 Å². The summed E-state index contributed by atoms with van der Waals surface area (Å²) in [4.78, 5) is 2.52. The molecule has 0 aliphatic carbocycles. The van der Waals surface area contributed by atoms with Crippen molar-refractivity contribution in [2.24, 2.45) is 5.92 Å². The van der Waals surface area contributed by atoms with Crippen molar-refractivity contribution in [1.29, 1.82) is 0 Å². The Hall–Kier alpha value is -0.730. The lowest BCUT2D eigenvalue weighted by Gasteiger charge is -2.20. The molecule has 94 valence electrons. The highest BCUT2D eigenvalue weighted by Crippen LogP contribution is 2.22. The van der Waals surface area contributed by atoms with Crippen molar-refractivity contribution in [3.8, 4) is 0 Å². The molecule has 2 N–H and O–H groups in total. The van der Waals surface area contributed by atoms with Crippen LogP contribution in [0.2, 0.25) is 5.02 Å². The van der Waals surface area contributed by atoms with E-state index >= 15 is 0 Å². The summed E-state index contributed by atoms with van der Waals surface area (Å²) < 4.78 is 0. The van der Waals surface area contributed by atoms with Gasteiger partial charge >= 0.3 is 0 Å². The molecule has 2 nitrogen and oxygen atoms in total. The number of benzene rings is 1. The topological polar surface area (TPSA) is 29.3 Å². The van der Waals surface area contributed by atoms with Gasteiger partial charge < -0.3 is 5.73 Å². The first-order valence-corrected chi connectivity index (χ1v) is 6.79. The molecule has 0 radical (unpaired) electrons. The molecule has 1 aromatic rings. The minimum atomic E-state index is 0.667. The van der Waals surface area contributed by atoms with E-state index in [0.29, 0.717) is 10.7 Å². The van der Waals surface area contributed by atoms with Crippen molar-refractivity contribution >= 4 is 17.3 Å². The van der Waals surface area contributed by atoms with E-state index < -0.39 is 0 Å². The molecule has 1 aliphatic rings. The number of anilines is 1. The minimum absolute atomic E-state index is 0.667. The monoisotopic (exact) mass is 252 g/mol. The number of hydrogen-bond acceptors (Lipinski definition) is 2. The lowest BCUT2D eigenvalue weighted by Crippen LogP contribution is -2.24. The average molecular weight is 253 g/mol. The number of rotatable bonds is 2. The van der Waals surface area contributed by atoms with Gasteiger partial charge in [-0.25, -0.2) is 0 Å². The summed E-state index contributed by atoms with van der Waals surface area (Å²) in [6, 6.07) is 5.97. The van der Waals surface area contributed by atoms with Gasteiger partial charge in [-0.15, -0.1) is 0 Å². The molecule has 1 saturated heterocycles. The van der Waals surface area contributed by atoms with Crippen LogP contribution in [0.4, 0.5) is 5.69 Å². The van der Waals surface area contributed by atoms with Gasteiger partial charge in [0.15, 0.2) is 0 Å². The van der Waals surface area contributed by atoms with Crippen LogP contribution in [-0.4, -0.2) is 18.0 Å². The standard InChI is InChI=1S/C14H21ClN2/c1-11-3-2-7-17(8-6-11)10-12-4-5-14(16)13(15)9-12/h4-5,9,11H,2-3,6-8,10,16H2,1H3. The largest absolute Gasteiger partial charge is 0.398 e. The number of nitrogens with two attached hydrogens (primary N) is 1. The van der Waals surface area contributed by atoms with Crippen molar-refractivity contribution in [1.82, 2.24) is 4.90 Å². The smallest absolute Gasteiger partial charge is 0.0638 e. The van der Waals surface area contributed by atoms with Gasteiger partial charge in [0.1, 0.15) is 0 Å². The van der Waals surface area contributed by atoms with E-state index in [9.17, 15) is 0 Å². The van der Waals surface area contributed by atoms with Crippen LogP contribution in [0, 0.1) is 5.92 Å². The van der Waals surface area contributed by atoms with E-state index in [0.717, 1.165) is 12.5 Å². The summed E-state index contributed by atoms with van der Waals surface area (Å²) in [5, 5.41) is 0.672. The van der Waals surface area contributed by atoms with Crippen LogP contribution in [0.15, 0.2) is 18.2 Å². The molecule has 1 unspecified atom stereocenters. The molecule has 3 heteroatoms. The average Bonchev–Trinajstić information content (AvgIpc) is 2.49. The predicted octanol–water partition coefficient (Wildman–Crippen LogP) is 3.54. The normalized spacial score (nSPS) is 22.4. The molecule has 1 aliphatic heterocycles. The predicted molar refractivity (Wildman–Crippen MR) is 74.2 cm³/mol. The molecule has 2 rings (SSSR count). The van der Waals surface area contributed by atoms with Crippen molar-refractivity contribution in [2.45, 2.75) is 32.7 Å². The van der Waals surface area contributed by atoms with Crippen LogP contribution in [0.3, 0.4) is 0 Å². The molecule has 0 aromatic heterocycles. The lowest BCUT2D eigenvalue weighted by atomic mass is 10.0. The minimum Gasteiger partial charge on any atom is -0.398 e. The molecule has 0 spiro atoms. The van der Waals surface area contributed by atoms with E-state index in [-0.39, 0.29) is 0 Å². The first kappa shape index (κ1) is 12.7. The second-order valence-electron chi connectivity index (χ2n) is 5.17. The highest BCUT2D eigenvalue weighted by atomic mass is 35.5. The summed E-state index contributed by atoms with van der Waals surface area (Å²) in [5.74, 6) is 0.870. The van der Waals surface area contributed by atoms with E-state index in [2.05, 4.69) is 17.9 Å². The van der Waals surface area contributed by atoms with Crippen molar-refractivity contribution in [3.05, 3.63) is 28.8 Å². The quantitative estimate of drug-likeness (QED) is 0.816. The van der Waals surface area contributed by atoms with Gasteiger partial charge in [-0.05, 0) is 56.0 Å². The number of halogens is 1. The summed E-state index contributed by atoms with van der Waals surface area (Å²) in [6.45, 7) is 5.74. The molecule has 0 bridgehead atoms. The number of hydrogen-bond donors (Lipinski definition) is 1. The molecular formula is C14H21ClN2. The first-order chi connectivity index (χ1) is 8.15. The van der Waals surface area contributed by atoms with Gasteiger partial charge in [0, 0.05) is 6.54 Å². The Bertz CT molecular complexity index is 378. The second-order valence-corrected chi connectivity index (χ2v) is 5.58. The van der Waals surface area contributed by atoms with Crippen molar-refractivity contribution in [3.63, 3.8) is 0 Å². The zero-order valence-electron chi connectivity index (χ0n) is 10.5. The zero-order valence-corrected chi connectivity index (χ0v) is 11.2. The molecule has 1 heterocycles. The SMILES string of the molecule is CC1CCCN(Cc2ccc(N)c(Cl)c2)CC1. The van der Waals surface area contributed by atoms with E-state index in [1.165, 1.54) is 37.9 Å². The molecular weight excluding hydrogens is 232 g/mol. The highest BCUT2D eigenvalue weighted by Gasteiger charge is 2.14. The third-order valence-corrected chi connectivity index (χ3v) is 3.91. The number of nitrogen functional groups attached to an aromatic ring is 1. The van der Waals surface area contributed by atoms with Crippen molar-refractivity contribution in [2.75, 3.05) is 18.8 Å². The second kappa shape index (κ2) is 5.74. The maximum Gasteiger partial charge on any atom is 0.0638 e. The van der Waals surface area contributed by atoms with Gasteiger partial charge in [0.2, 0.25) is 0 Å². The maximum atomic E-state index is 6.04. The van der Waals surface area contributed by atoms with Gasteiger partial charge in [-0.2, -0.15) is 0 Å². The fraction of sp³-hybridized carbons (Fsp3) is 0.571. The van der Waals surface area contributed by atoms with Gasteiger partial charge in [-0.3, -0.25) is 4.90 Å². The van der Waals surface area contributed by atoms with Crippen LogP contribution in [0.25, 0.3) is 0 Å². The summed E-state index contributed by atoms with van der Waals surface area (Å²) >= 11 is 6.04. The first-order valence-electron chi connectivity index (χ1n) is 6.41. The summed E-state index contributed by atoms with van der Waals surface area (Å²) in [5.41, 5.74) is 7.65. The third-order valence-electron chi connectivity index (χ3n) is 3.58. The Labute approximate surface area is 109 Å². The Morgan fingerprint density at radius 2 is 2.18 bits per heavy atom. The number of nitrogens with zero attached hydrogens (tertiary/aromatic N) is 1. The highest BCUT2D eigenvalue weighted by molar-refractivity contribution is 6.33. The zero-order chi connectivity index (χ0) is 12.3. The molecule has 0 amide bonds. The van der Waals surface area contributed by atoms with Crippen LogP contribution < -0.4 is 5.73 Å². The van der Waals surface area contributed by atoms with Crippen molar-refractivity contribution < 1.29 is 0 Å². The Morgan fingerprint density at radius 1 is 1.35 bits per heavy atom. The molecule has 1 fully saturated rings. The van der Waals surface area contributed by atoms with Gasteiger partial charge in [0.05, 0.1) is 10.7 Å². The fourth-order valence-electron chi connectivity index (χ4n) is 2.41.